The molecule has 1 aromatic rings. The second kappa shape index (κ2) is 7.02. The number of rotatable bonds is 2. The fourth-order valence-electron chi connectivity index (χ4n) is 8.44. The van der Waals surface area contributed by atoms with Crippen molar-refractivity contribution in [3.8, 4) is 0 Å². The molecule has 2 saturated heterocycles. The van der Waals surface area contributed by atoms with Crippen LogP contribution in [0.4, 0.5) is 5.69 Å². The van der Waals surface area contributed by atoms with E-state index in [1.165, 1.54) is 0 Å². The molecule has 180 valence electrons. The summed E-state index contributed by atoms with van der Waals surface area (Å²) < 4.78 is 5.62. The number of aliphatic hydroxyl groups is 3. The summed E-state index contributed by atoms with van der Waals surface area (Å²) in [7, 11) is 3.82. The molecule has 0 radical (unpaired) electrons. The molecule has 3 fully saturated rings. The highest BCUT2D eigenvalue weighted by atomic mass is 16.7. The first-order valence-corrected chi connectivity index (χ1v) is 11.7. The summed E-state index contributed by atoms with van der Waals surface area (Å²) in [5.41, 5.74) is -2.08. The number of carbonyl (C=O) groups is 1. The Bertz CT molecular complexity index is 1030. The van der Waals surface area contributed by atoms with Gasteiger partial charge >= 0.3 is 5.97 Å². The summed E-state index contributed by atoms with van der Waals surface area (Å²) in [5, 5.41) is 45.7. The lowest BCUT2D eigenvalue weighted by atomic mass is 9.40. The van der Waals surface area contributed by atoms with Gasteiger partial charge in [-0.25, -0.2) is 0 Å². The van der Waals surface area contributed by atoms with Crippen molar-refractivity contribution in [2.24, 2.45) is 23.2 Å². The molecule has 33 heavy (non-hydrogen) atoms. The Morgan fingerprint density at radius 2 is 1.88 bits per heavy atom. The normalized spacial score (nSPS) is 45.7. The number of para-hydroxylation sites is 1. The standard InChI is InChI=1S/C25H34N2O6/c1-6-14-18-17(13(2)3)19(28)25-23(11-12-26(25)4,15-9-7-8-10-16(15)27(25)5)24(18,21(30)31)22(32)33-20(14)29/h6-10,13,17-20,22,28-29,32H,11-12H2,1-5H3,(H,30,31)/t17-,18-,19+,20-,22-,23+,24+,25-/m1/s1. The Morgan fingerprint density at radius 1 is 1.21 bits per heavy atom. The maximum atomic E-state index is 13.6. The number of carboxylic acids is 1. The van der Waals surface area contributed by atoms with Gasteiger partial charge in [0.1, 0.15) is 11.1 Å². The summed E-state index contributed by atoms with van der Waals surface area (Å²) in [6, 6.07) is 7.65. The third-order valence-electron chi connectivity index (χ3n) is 9.38. The number of aliphatic carboxylic acids is 1. The molecule has 5 rings (SSSR count). The highest BCUT2D eigenvalue weighted by molar-refractivity contribution is 5.85. The van der Waals surface area contributed by atoms with Crippen LogP contribution < -0.4 is 4.90 Å². The van der Waals surface area contributed by atoms with Gasteiger partial charge < -0.3 is 30.1 Å². The first-order chi connectivity index (χ1) is 15.6. The predicted octanol–water partition coefficient (Wildman–Crippen LogP) is 1.35. The average Bonchev–Trinajstić information content (AvgIpc) is 3.19. The highest BCUT2D eigenvalue weighted by Crippen LogP contribution is 2.75. The van der Waals surface area contributed by atoms with Gasteiger partial charge in [0.05, 0.1) is 11.5 Å². The number of aliphatic hydroxyl groups excluding tert-OH is 3. The Hall–Kier alpha value is -1.97. The minimum absolute atomic E-state index is 0.130. The first kappa shape index (κ1) is 22.8. The van der Waals surface area contributed by atoms with E-state index in [9.17, 15) is 25.2 Å². The number of ether oxygens (including phenoxy) is 1. The van der Waals surface area contributed by atoms with Gasteiger partial charge in [0, 0.05) is 25.2 Å². The number of likely N-dealkylation sites (tertiary alicyclic amines) is 1. The monoisotopic (exact) mass is 458 g/mol. The van der Waals surface area contributed by atoms with Crippen molar-refractivity contribution in [2.45, 2.75) is 57.0 Å². The Balaban J connectivity index is 1.99. The van der Waals surface area contributed by atoms with Crippen LogP contribution in [0.25, 0.3) is 0 Å². The quantitative estimate of drug-likeness (QED) is 0.492. The van der Waals surface area contributed by atoms with Crippen LogP contribution in [0.5, 0.6) is 0 Å². The summed E-state index contributed by atoms with van der Waals surface area (Å²) in [5.74, 6) is -2.68. The molecule has 4 N–H and O–H groups in total. The highest BCUT2D eigenvalue weighted by Gasteiger charge is 2.87. The summed E-state index contributed by atoms with van der Waals surface area (Å²) in [6.07, 6.45) is -2.05. The van der Waals surface area contributed by atoms with Crippen molar-refractivity contribution < 1.29 is 30.0 Å². The van der Waals surface area contributed by atoms with Crippen molar-refractivity contribution in [2.75, 3.05) is 25.5 Å². The number of anilines is 1. The molecular formula is C25H34N2O6. The number of hydrogen-bond donors (Lipinski definition) is 4. The fourth-order valence-corrected chi connectivity index (χ4v) is 8.44. The topological polar surface area (TPSA) is 114 Å². The molecule has 8 nitrogen and oxygen atoms in total. The zero-order chi connectivity index (χ0) is 24.1. The Labute approximate surface area is 194 Å². The zero-order valence-electron chi connectivity index (χ0n) is 19.8. The van der Waals surface area contributed by atoms with E-state index in [0.717, 1.165) is 11.3 Å². The van der Waals surface area contributed by atoms with Crippen LogP contribution in [0.3, 0.4) is 0 Å². The first-order valence-electron chi connectivity index (χ1n) is 11.7. The van der Waals surface area contributed by atoms with E-state index in [1.807, 2.05) is 57.1 Å². The van der Waals surface area contributed by atoms with Crippen molar-refractivity contribution >= 4 is 11.7 Å². The Kier molecular flexibility index (Phi) is 4.85. The van der Waals surface area contributed by atoms with Crippen LogP contribution in [0, 0.1) is 23.2 Å². The number of fused-ring (bicyclic) bond motifs is 2. The molecule has 3 heterocycles. The van der Waals surface area contributed by atoms with Gasteiger partial charge in [0.25, 0.3) is 0 Å². The van der Waals surface area contributed by atoms with Crippen LogP contribution in [0.2, 0.25) is 0 Å². The van der Waals surface area contributed by atoms with E-state index in [-0.39, 0.29) is 5.92 Å². The van der Waals surface area contributed by atoms with E-state index in [1.54, 1.807) is 13.0 Å². The molecule has 0 spiro atoms. The van der Waals surface area contributed by atoms with Crippen molar-refractivity contribution in [1.82, 2.24) is 4.90 Å². The lowest BCUT2D eigenvalue weighted by Crippen LogP contribution is -2.83. The predicted molar refractivity (Wildman–Crippen MR) is 121 cm³/mol. The lowest BCUT2D eigenvalue weighted by Gasteiger charge is -2.68. The van der Waals surface area contributed by atoms with Gasteiger partial charge in [-0.15, -0.1) is 0 Å². The summed E-state index contributed by atoms with van der Waals surface area (Å²) in [4.78, 5) is 17.7. The number of hydrogen-bond acceptors (Lipinski definition) is 7. The molecule has 1 aliphatic carbocycles. The second-order valence-electron chi connectivity index (χ2n) is 10.4. The molecule has 1 saturated carbocycles. The summed E-state index contributed by atoms with van der Waals surface area (Å²) in [6.45, 7) is 6.21. The minimum Gasteiger partial charge on any atom is -0.481 e. The number of allylic oxidation sites excluding steroid dienone is 1. The molecule has 8 heteroatoms. The third-order valence-corrected chi connectivity index (χ3v) is 9.38. The molecule has 0 bridgehead atoms. The molecule has 0 aromatic heterocycles. The van der Waals surface area contributed by atoms with Crippen molar-refractivity contribution in [1.29, 1.82) is 0 Å². The third kappa shape index (κ3) is 2.14. The molecule has 0 unspecified atom stereocenters. The van der Waals surface area contributed by atoms with Crippen molar-refractivity contribution in [3.63, 3.8) is 0 Å². The number of benzene rings is 1. The number of carboxylic acid groups (broad SMARTS) is 1. The van der Waals surface area contributed by atoms with E-state index >= 15 is 0 Å². The molecule has 4 aliphatic rings. The van der Waals surface area contributed by atoms with E-state index in [2.05, 4.69) is 4.90 Å². The van der Waals surface area contributed by atoms with Crippen LogP contribution in [-0.4, -0.2) is 76.3 Å². The van der Waals surface area contributed by atoms with E-state index < -0.39 is 53.0 Å². The maximum absolute atomic E-state index is 13.6. The largest absolute Gasteiger partial charge is 0.481 e. The van der Waals surface area contributed by atoms with Crippen LogP contribution in [0.15, 0.2) is 35.9 Å². The van der Waals surface area contributed by atoms with Crippen molar-refractivity contribution in [3.05, 3.63) is 41.5 Å². The molecule has 1 aromatic carbocycles. The smallest absolute Gasteiger partial charge is 0.316 e. The van der Waals surface area contributed by atoms with Crippen LogP contribution in [-0.2, 0) is 14.9 Å². The van der Waals surface area contributed by atoms with Crippen LogP contribution in [0.1, 0.15) is 32.8 Å². The number of likely N-dealkylation sites (N-methyl/N-ethyl adjacent to an activating group) is 2. The molecular weight excluding hydrogens is 424 g/mol. The SMILES string of the molecule is CC=C1[C@H](O)O[C@@H](O)[C@@]2(C(=O)O)[C@H]1[C@@H](C(C)C)[C@H](O)[C@]13N(C)CC[C@]21c1ccccc1N3C. The molecule has 0 amide bonds. The Morgan fingerprint density at radius 3 is 2.48 bits per heavy atom. The molecule has 3 aliphatic heterocycles. The average molecular weight is 459 g/mol. The van der Waals surface area contributed by atoms with Gasteiger partial charge in [-0.1, -0.05) is 38.1 Å². The maximum Gasteiger partial charge on any atom is 0.316 e. The zero-order valence-corrected chi connectivity index (χ0v) is 19.8. The van der Waals surface area contributed by atoms with Gasteiger partial charge in [0.2, 0.25) is 0 Å². The lowest BCUT2D eigenvalue weighted by molar-refractivity contribution is -0.324. The minimum atomic E-state index is -1.83. The molecule has 8 atom stereocenters. The van der Waals surface area contributed by atoms with E-state index in [4.69, 9.17) is 4.74 Å². The second-order valence-corrected chi connectivity index (χ2v) is 10.4. The summed E-state index contributed by atoms with van der Waals surface area (Å²) >= 11 is 0. The van der Waals surface area contributed by atoms with E-state index in [0.29, 0.717) is 18.5 Å². The van der Waals surface area contributed by atoms with Gasteiger partial charge in [-0.3, -0.25) is 9.69 Å². The number of nitrogens with zero attached hydrogens (tertiary/aromatic N) is 2. The van der Waals surface area contributed by atoms with Gasteiger partial charge in [0.15, 0.2) is 12.6 Å². The van der Waals surface area contributed by atoms with Gasteiger partial charge in [-0.2, -0.15) is 0 Å². The van der Waals surface area contributed by atoms with Crippen LogP contribution >= 0.6 is 0 Å². The fraction of sp³-hybridized carbons (Fsp3) is 0.640. The van der Waals surface area contributed by atoms with Gasteiger partial charge in [-0.05, 0) is 49.4 Å².